The van der Waals surface area contributed by atoms with E-state index in [4.69, 9.17) is 13.6 Å². The third kappa shape index (κ3) is 5.16. The number of fused-ring (bicyclic) bond motifs is 2. The number of hydrogen-bond donors (Lipinski definition) is 1. The molecule has 0 radical (unpaired) electrons. The Morgan fingerprint density at radius 3 is 2.85 bits per heavy atom. The molecule has 1 amide bonds. The smallest absolute Gasteiger partial charge is 0.251 e. The first kappa shape index (κ1) is 23.6. The molecule has 0 aliphatic carbocycles. The van der Waals surface area contributed by atoms with Crippen LogP contribution in [0.1, 0.15) is 45.4 Å². The lowest BCUT2D eigenvalue weighted by atomic mass is 10.1. The normalized spacial score (nSPS) is 18.3. The Hall–Kier alpha value is -4.26. The van der Waals surface area contributed by atoms with Gasteiger partial charge in [-0.05, 0) is 49.4 Å². The summed E-state index contributed by atoms with van der Waals surface area (Å²) in [4.78, 5) is 24.9. The molecule has 1 N–H and O–H groups in total. The average Bonchev–Trinajstić information content (AvgIpc) is 3.05. The number of ether oxygens (including phenoxy) is 2. The van der Waals surface area contributed by atoms with Gasteiger partial charge in [-0.1, -0.05) is 0 Å². The highest BCUT2D eigenvalue weighted by Gasteiger charge is 2.35. The largest absolute Gasteiger partial charge is 0.489 e. The molecule has 2 atom stereocenters. The van der Waals surface area contributed by atoms with Crippen LogP contribution in [0.4, 0.5) is 13.2 Å². The zero-order valence-electron chi connectivity index (χ0n) is 23.8. The number of carbonyl (C=O) groups excluding carboxylic acids is 1. The number of sulfone groups is 1. The van der Waals surface area contributed by atoms with E-state index in [0.717, 1.165) is 12.1 Å². The second kappa shape index (κ2) is 10.7. The van der Waals surface area contributed by atoms with Gasteiger partial charge in [-0.3, -0.25) is 9.78 Å². The number of amides is 1. The van der Waals surface area contributed by atoms with Crippen LogP contribution in [-0.4, -0.2) is 48.4 Å². The Morgan fingerprint density at radius 1 is 1.25 bits per heavy atom. The molecule has 40 heavy (non-hydrogen) atoms. The summed E-state index contributed by atoms with van der Waals surface area (Å²) in [5.41, 5.74) is -1.49. The molecule has 0 saturated carbocycles. The number of alkyl halides is 2. The molecule has 1 aromatic carbocycles. The van der Waals surface area contributed by atoms with Crippen LogP contribution < -0.4 is 14.8 Å². The van der Waals surface area contributed by atoms with Gasteiger partial charge in [0.25, 0.3) is 5.91 Å². The number of benzene rings is 1. The first-order chi connectivity index (χ1) is 20.2. The maximum Gasteiger partial charge on any atom is 0.251 e. The summed E-state index contributed by atoms with van der Waals surface area (Å²) in [6.45, 7) is 0.736. The van der Waals surface area contributed by atoms with Crippen molar-refractivity contribution >= 4 is 26.6 Å². The molecule has 4 heterocycles. The van der Waals surface area contributed by atoms with Gasteiger partial charge in [0.15, 0.2) is 11.6 Å². The highest BCUT2D eigenvalue weighted by molar-refractivity contribution is 7.92. The van der Waals surface area contributed by atoms with Crippen molar-refractivity contribution in [2.24, 2.45) is 0 Å². The molecule has 13 heteroatoms. The number of hydrogen-bond acceptors (Lipinski definition) is 8. The van der Waals surface area contributed by atoms with Gasteiger partial charge in [-0.2, -0.15) is 0 Å². The minimum Gasteiger partial charge on any atom is -0.489 e. The molecule has 0 fully saturated rings. The molecule has 5 rings (SSSR count). The van der Waals surface area contributed by atoms with Crippen LogP contribution in [0.5, 0.6) is 11.6 Å². The summed E-state index contributed by atoms with van der Waals surface area (Å²) in [5.74, 6) is -2.92. The Bertz CT molecular complexity index is 1840. The molecule has 9 nitrogen and oxygen atoms in total. The number of rotatable bonds is 6. The SMILES string of the molecule is [2H]C([2H])([2H])Oc1nc([C@H](C)F)ccc1-c1ccc2cnc(CNC(=O)c3cc(F)c4c(c3)S(=O)(=O)[C@@H](F)CCO4)cc2n1. The third-order valence-corrected chi connectivity index (χ3v) is 8.05. The van der Waals surface area contributed by atoms with Gasteiger partial charge in [-0.15, -0.1) is 0 Å². The Kier molecular flexibility index (Phi) is 6.33. The van der Waals surface area contributed by atoms with E-state index in [0.29, 0.717) is 16.6 Å². The fraction of sp³-hybridized carbons (Fsp3) is 0.259. The van der Waals surface area contributed by atoms with E-state index in [2.05, 4.69) is 20.3 Å². The maximum atomic E-state index is 14.7. The molecule has 3 aromatic heterocycles. The monoisotopic (exact) mass is 575 g/mol. The van der Waals surface area contributed by atoms with Crippen molar-refractivity contribution in [1.82, 2.24) is 20.3 Å². The lowest BCUT2D eigenvalue weighted by Gasteiger charge is -2.12. The fourth-order valence-electron chi connectivity index (χ4n) is 4.12. The van der Waals surface area contributed by atoms with Crippen molar-refractivity contribution in [2.45, 2.75) is 36.5 Å². The Morgan fingerprint density at radius 2 is 2.08 bits per heavy atom. The molecule has 0 unspecified atom stereocenters. The molecule has 1 aliphatic heterocycles. The van der Waals surface area contributed by atoms with Crippen LogP contribution >= 0.6 is 0 Å². The van der Waals surface area contributed by atoms with E-state index in [1.165, 1.54) is 25.3 Å². The number of methoxy groups -OCH3 is 1. The van der Waals surface area contributed by atoms with Gasteiger partial charge in [0.05, 0.1) is 52.5 Å². The van der Waals surface area contributed by atoms with Crippen LogP contribution in [-0.2, 0) is 16.4 Å². The van der Waals surface area contributed by atoms with Crippen molar-refractivity contribution < 1.29 is 40.0 Å². The van der Waals surface area contributed by atoms with Crippen LogP contribution in [0.15, 0.2) is 53.6 Å². The highest BCUT2D eigenvalue weighted by atomic mass is 32.2. The number of nitrogens with zero attached hydrogens (tertiary/aromatic N) is 3. The van der Waals surface area contributed by atoms with Gasteiger partial charge in [-0.25, -0.2) is 31.6 Å². The lowest BCUT2D eigenvalue weighted by Crippen LogP contribution is -2.24. The van der Waals surface area contributed by atoms with E-state index in [9.17, 15) is 26.4 Å². The molecule has 0 saturated heterocycles. The standard InChI is InChI=1S/C27H23F3N4O5S/c1-14(28)20-6-4-18(27(34-20)38-2)21-5-3-15-12-31-17(11-22(15)33-21)13-32-26(35)16-9-19(29)25-23(10-16)40(36,37)24(30)7-8-39-25/h3-6,9-12,14,24H,7-8,13H2,1-2H3,(H,32,35)/t14-,24+/m0/s1/i2D3. The first-order valence-electron chi connectivity index (χ1n) is 13.5. The zero-order chi connectivity index (χ0) is 31.1. The quantitative estimate of drug-likeness (QED) is 0.353. The van der Waals surface area contributed by atoms with Crippen LogP contribution in [0.25, 0.3) is 22.2 Å². The second-order valence-corrected chi connectivity index (χ2v) is 11.0. The van der Waals surface area contributed by atoms with Crippen molar-refractivity contribution in [1.29, 1.82) is 0 Å². The van der Waals surface area contributed by atoms with Crippen molar-refractivity contribution in [2.75, 3.05) is 13.6 Å². The van der Waals surface area contributed by atoms with Crippen molar-refractivity contribution in [3.05, 3.63) is 71.4 Å². The topological polar surface area (TPSA) is 120 Å². The Balaban J connectivity index is 1.41. The molecular formula is C27H23F3N4O5S. The predicted molar refractivity (Wildman–Crippen MR) is 139 cm³/mol. The first-order valence-corrected chi connectivity index (χ1v) is 13.5. The number of halogens is 3. The summed E-state index contributed by atoms with van der Waals surface area (Å²) >= 11 is 0. The van der Waals surface area contributed by atoms with Crippen LogP contribution in [0.3, 0.4) is 0 Å². The minimum atomic E-state index is -4.57. The lowest BCUT2D eigenvalue weighted by molar-refractivity contribution is 0.0949. The van der Waals surface area contributed by atoms with E-state index >= 15 is 0 Å². The van der Waals surface area contributed by atoms with Gasteiger partial charge >= 0.3 is 0 Å². The van der Waals surface area contributed by atoms with Crippen molar-refractivity contribution in [3.8, 4) is 22.9 Å². The number of nitrogens with one attached hydrogen (secondary N) is 1. The average molecular weight is 576 g/mol. The zero-order valence-corrected chi connectivity index (χ0v) is 21.6. The number of pyridine rings is 3. The molecular weight excluding hydrogens is 549 g/mol. The van der Waals surface area contributed by atoms with E-state index in [1.807, 2.05) is 0 Å². The Labute approximate surface area is 231 Å². The molecule has 0 bridgehead atoms. The molecule has 0 spiro atoms. The third-order valence-electron chi connectivity index (χ3n) is 6.23. The maximum absolute atomic E-state index is 14.7. The molecule has 1 aliphatic rings. The second-order valence-electron chi connectivity index (χ2n) is 8.93. The summed E-state index contributed by atoms with van der Waals surface area (Å²) in [5, 5.41) is 3.11. The minimum absolute atomic E-state index is 0.0185. The van der Waals surface area contributed by atoms with Crippen molar-refractivity contribution in [3.63, 3.8) is 0 Å². The van der Waals surface area contributed by atoms with Crippen LogP contribution in [0.2, 0.25) is 0 Å². The van der Waals surface area contributed by atoms with Gasteiger partial charge in [0.1, 0.15) is 11.1 Å². The number of aromatic nitrogens is 3. The van der Waals surface area contributed by atoms with Gasteiger partial charge in [0, 0.05) is 23.6 Å². The van der Waals surface area contributed by atoms with Crippen LogP contribution in [0, 0.1) is 5.82 Å². The van der Waals surface area contributed by atoms with E-state index in [1.54, 1.807) is 18.2 Å². The molecule has 208 valence electrons. The fourth-order valence-corrected chi connectivity index (χ4v) is 5.51. The summed E-state index contributed by atoms with van der Waals surface area (Å²) in [6.07, 6.45) is -0.470. The highest BCUT2D eigenvalue weighted by Crippen LogP contribution is 2.35. The summed E-state index contributed by atoms with van der Waals surface area (Å²) in [6, 6.07) is 9.29. The summed E-state index contributed by atoms with van der Waals surface area (Å²) in [7, 11) is -7.42. The molecule has 4 aromatic rings. The summed E-state index contributed by atoms with van der Waals surface area (Å²) < 4.78 is 100. The number of carbonyl (C=O) groups is 1. The predicted octanol–water partition coefficient (Wildman–Crippen LogP) is 4.65. The van der Waals surface area contributed by atoms with Gasteiger partial charge < -0.3 is 14.8 Å². The van der Waals surface area contributed by atoms with Gasteiger partial charge in [0.2, 0.25) is 21.2 Å². The van der Waals surface area contributed by atoms with E-state index < -0.39 is 57.3 Å². The van der Waals surface area contributed by atoms with E-state index in [-0.39, 0.29) is 41.5 Å².